The average Bonchev–Trinajstić information content (AvgIpc) is 2.43. The van der Waals surface area contributed by atoms with Crippen molar-refractivity contribution in [3.8, 4) is 0 Å². The van der Waals surface area contributed by atoms with Crippen molar-refractivity contribution < 1.29 is 13.3 Å². The summed E-state index contributed by atoms with van der Waals surface area (Å²) in [5.74, 6) is 0. The molecule has 0 aliphatic carbocycles. The van der Waals surface area contributed by atoms with E-state index in [2.05, 4.69) is 6.92 Å². The molecule has 1 unspecified atom stereocenters. The van der Waals surface area contributed by atoms with E-state index in [1.54, 1.807) is 18.2 Å². The normalized spacial score (nSPS) is 13.5. The number of hydrogen-bond acceptors (Lipinski definition) is 1. The number of halogens is 2. The molecule has 0 amide bonds. The minimum atomic E-state index is -3.12. The Balaban J connectivity index is 2.34. The van der Waals surface area contributed by atoms with Crippen molar-refractivity contribution in [2.45, 2.75) is 62.0 Å². The van der Waals surface area contributed by atoms with Gasteiger partial charge >= 0.3 is 5.25 Å². The molecule has 0 aliphatic heterocycles. The van der Waals surface area contributed by atoms with E-state index in [1.807, 2.05) is 0 Å². The van der Waals surface area contributed by atoms with E-state index in [0.717, 1.165) is 32.1 Å². The predicted molar refractivity (Wildman–Crippen MR) is 75.8 cm³/mol. The molecule has 0 saturated carbocycles. The number of alkyl halides is 2. The number of hydrogen-bond donors (Lipinski definition) is 0. The van der Waals surface area contributed by atoms with Crippen LogP contribution in [0.3, 0.4) is 0 Å². The number of unbranched alkanes of at least 4 members (excludes halogenated alkanes) is 5. The summed E-state index contributed by atoms with van der Waals surface area (Å²) in [7, 11) is 0. The molecule has 0 spiro atoms. The first-order chi connectivity index (χ1) is 9.08. The van der Waals surface area contributed by atoms with Crippen LogP contribution >= 0.6 is 0 Å². The molecular weight excluding hydrogens is 266 g/mol. The lowest BCUT2D eigenvalue weighted by Gasteiger charge is -2.20. The largest absolute Gasteiger partial charge is 0.607 e. The summed E-state index contributed by atoms with van der Waals surface area (Å²) in [6.07, 6.45) is 5.34. The van der Waals surface area contributed by atoms with Crippen LogP contribution in [0.1, 0.15) is 51.9 Å². The van der Waals surface area contributed by atoms with E-state index >= 15 is 0 Å². The van der Waals surface area contributed by atoms with Gasteiger partial charge < -0.3 is 4.55 Å². The van der Waals surface area contributed by atoms with Crippen LogP contribution in [0.4, 0.5) is 8.78 Å². The standard InChI is InChI=1S/C15H22F2OS/c1-2-3-4-5-6-10-13-15(16,17)19(18)14-11-8-7-9-12-14/h7-9,11-12H,2-6,10,13H2,1H3. The van der Waals surface area contributed by atoms with Crippen molar-refractivity contribution in [3.05, 3.63) is 30.3 Å². The summed E-state index contributed by atoms with van der Waals surface area (Å²) in [4.78, 5) is 0.207. The lowest BCUT2D eigenvalue weighted by atomic mass is 10.1. The molecule has 1 nitrogen and oxygen atoms in total. The highest BCUT2D eigenvalue weighted by Crippen LogP contribution is 2.33. The molecule has 1 aromatic carbocycles. The Bertz CT molecular complexity index is 343. The van der Waals surface area contributed by atoms with Crippen LogP contribution in [0.15, 0.2) is 35.2 Å². The van der Waals surface area contributed by atoms with Gasteiger partial charge in [0.25, 0.3) is 0 Å². The minimum Gasteiger partial charge on any atom is -0.607 e. The monoisotopic (exact) mass is 288 g/mol. The summed E-state index contributed by atoms with van der Waals surface area (Å²) >= 11 is -2.24. The van der Waals surface area contributed by atoms with Crippen LogP contribution in [0.25, 0.3) is 0 Å². The summed E-state index contributed by atoms with van der Waals surface area (Å²) < 4.78 is 39.4. The molecule has 0 saturated heterocycles. The zero-order valence-electron chi connectivity index (χ0n) is 11.4. The Morgan fingerprint density at radius 2 is 1.58 bits per heavy atom. The highest BCUT2D eigenvalue weighted by atomic mass is 32.2. The van der Waals surface area contributed by atoms with Crippen LogP contribution in [0.5, 0.6) is 0 Å². The summed E-state index contributed by atoms with van der Waals surface area (Å²) in [5.41, 5.74) is 0. The van der Waals surface area contributed by atoms with Gasteiger partial charge in [-0.05, 0) is 18.6 Å². The Kier molecular flexibility index (Phi) is 7.39. The highest BCUT2D eigenvalue weighted by Gasteiger charge is 2.43. The van der Waals surface area contributed by atoms with E-state index in [1.165, 1.54) is 12.1 Å². The van der Waals surface area contributed by atoms with Crippen molar-refractivity contribution in [3.63, 3.8) is 0 Å². The van der Waals surface area contributed by atoms with Gasteiger partial charge in [0.05, 0.1) is 17.6 Å². The maximum Gasteiger partial charge on any atom is 0.411 e. The van der Waals surface area contributed by atoms with Crippen molar-refractivity contribution in [1.29, 1.82) is 0 Å². The third-order valence-electron chi connectivity index (χ3n) is 3.05. The maximum atomic E-state index is 13.8. The number of benzene rings is 1. The molecule has 0 heterocycles. The fourth-order valence-corrected chi connectivity index (χ4v) is 3.00. The molecule has 4 heteroatoms. The van der Waals surface area contributed by atoms with Gasteiger partial charge in [-0.3, -0.25) is 0 Å². The molecule has 1 rings (SSSR count). The first kappa shape index (κ1) is 16.4. The fraction of sp³-hybridized carbons (Fsp3) is 0.600. The van der Waals surface area contributed by atoms with Gasteiger partial charge in [0, 0.05) is 0 Å². The van der Waals surface area contributed by atoms with Crippen LogP contribution in [-0.4, -0.2) is 9.81 Å². The van der Waals surface area contributed by atoms with E-state index in [9.17, 15) is 13.3 Å². The first-order valence-corrected chi connectivity index (χ1v) is 8.07. The Labute approximate surface area is 117 Å². The predicted octanol–water partition coefficient (Wildman–Crippen LogP) is 5.14. The molecule has 19 heavy (non-hydrogen) atoms. The van der Waals surface area contributed by atoms with Gasteiger partial charge in [-0.2, -0.15) is 8.78 Å². The molecule has 0 aromatic heterocycles. The fourth-order valence-electron chi connectivity index (χ4n) is 1.92. The zero-order chi connectivity index (χ0) is 14.1. The quantitative estimate of drug-likeness (QED) is 0.456. The van der Waals surface area contributed by atoms with Crippen LogP contribution in [0.2, 0.25) is 0 Å². The van der Waals surface area contributed by atoms with E-state index in [0.29, 0.717) is 6.42 Å². The second-order valence-electron chi connectivity index (χ2n) is 4.74. The Morgan fingerprint density at radius 3 is 2.21 bits per heavy atom. The zero-order valence-corrected chi connectivity index (χ0v) is 12.2. The van der Waals surface area contributed by atoms with E-state index < -0.39 is 16.4 Å². The second kappa shape index (κ2) is 8.54. The van der Waals surface area contributed by atoms with Gasteiger partial charge in [-0.25, -0.2) is 0 Å². The lowest BCUT2D eigenvalue weighted by Crippen LogP contribution is -2.28. The SMILES string of the molecule is CCCCCCCCC(F)(F)[S+]([O-])c1ccccc1. The minimum absolute atomic E-state index is 0.207. The van der Waals surface area contributed by atoms with Crippen molar-refractivity contribution >= 4 is 11.2 Å². The molecule has 108 valence electrons. The van der Waals surface area contributed by atoms with Crippen molar-refractivity contribution in [2.24, 2.45) is 0 Å². The second-order valence-corrected chi connectivity index (χ2v) is 6.34. The van der Waals surface area contributed by atoms with Gasteiger partial charge in [0.2, 0.25) is 0 Å². The number of rotatable bonds is 9. The van der Waals surface area contributed by atoms with Crippen LogP contribution < -0.4 is 0 Å². The molecule has 0 fully saturated rings. The third-order valence-corrected chi connectivity index (χ3v) is 4.50. The lowest BCUT2D eigenvalue weighted by molar-refractivity contribution is 0.0788. The molecule has 1 atom stereocenters. The molecule has 0 aliphatic rings. The summed E-state index contributed by atoms with van der Waals surface area (Å²) in [6, 6.07) is 7.98. The smallest absolute Gasteiger partial charge is 0.411 e. The molecule has 0 N–H and O–H groups in total. The van der Waals surface area contributed by atoms with Gasteiger partial charge in [0.15, 0.2) is 4.90 Å². The Morgan fingerprint density at radius 1 is 1.00 bits per heavy atom. The van der Waals surface area contributed by atoms with Gasteiger partial charge in [0.1, 0.15) is 0 Å². The van der Waals surface area contributed by atoms with Crippen LogP contribution in [0, 0.1) is 0 Å². The molecule has 0 radical (unpaired) electrons. The third kappa shape index (κ3) is 5.91. The molecule has 1 aromatic rings. The van der Waals surface area contributed by atoms with Gasteiger partial charge in [-0.1, -0.05) is 57.2 Å². The maximum absolute atomic E-state index is 13.8. The Hall–Kier alpha value is -0.610. The summed E-state index contributed by atoms with van der Waals surface area (Å²) in [5, 5.41) is -3.12. The molecular formula is C15H22F2OS. The van der Waals surface area contributed by atoms with Crippen molar-refractivity contribution in [2.75, 3.05) is 0 Å². The van der Waals surface area contributed by atoms with Crippen LogP contribution in [-0.2, 0) is 11.2 Å². The average molecular weight is 288 g/mol. The molecule has 0 bridgehead atoms. The summed E-state index contributed by atoms with van der Waals surface area (Å²) in [6.45, 7) is 2.12. The van der Waals surface area contributed by atoms with E-state index in [4.69, 9.17) is 0 Å². The highest BCUT2D eigenvalue weighted by molar-refractivity contribution is 7.92. The first-order valence-electron chi connectivity index (χ1n) is 6.92. The van der Waals surface area contributed by atoms with Gasteiger partial charge in [-0.15, -0.1) is 0 Å². The van der Waals surface area contributed by atoms with E-state index in [-0.39, 0.29) is 11.3 Å². The van der Waals surface area contributed by atoms with Crippen molar-refractivity contribution in [1.82, 2.24) is 0 Å². The topological polar surface area (TPSA) is 23.1 Å².